The normalized spacial score (nSPS) is 16.6. The quantitative estimate of drug-likeness (QED) is 0.752. The van der Waals surface area contributed by atoms with Gasteiger partial charge in [0.15, 0.2) is 5.78 Å². The number of hydrogen-bond acceptors (Lipinski definition) is 3. The highest BCUT2D eigenvalue weighted by atomic mass is 16.5. The number of anilines is 1. The Labute approximate surface area is 148 Å². The molecule has 2 aromatic carbocycles. The third kappa shape index (κ3) is 3.29. The lowest BCUT2D eigenvalue weighted by Gasteiger charge is -2.37. The van der Waals surface area contributed by atoms with Gasteiger partial charge >= 0.3 is 0 Å². The number of ether oxygens (including phenoxy) is 1. The van der Waals surface area contributed by atoms with Gasteiger partial charge in [0, 0.05) is 23.6 Å². The molecule has 1 atom stereocenters. The number of nitrogens with zero attached hydrogens (tertiary/aromatic N) is 1. The lowest BCUT2D eigenvalue weighted by molar-refractivity contribution is -0.127. The molecule has 130 valence electrons. The number of carbonyl (C=O) groups is 2. The average molecular weight is 337 g/mol. The molecule has 4 heteroatoms. The number of carbonyl (C=O) groups excluding carboxylic acids is 2. The van der Waals surface area contributed by atoms with E-state index < -0.39 is 6.10 Å². The molecule has 0 aliphatic carbocycles. The van der Waals surface area contributed by atoms with Gasteiger partial charge in [-0.25, -0.2) is 0 Å². The SMILES string of the molecule is CCCC(=O)c1ccc2c(c1)N(C(C)C)C(=O)C(c1ccccc1)O2. The molecule has 0 saturated heterocycles. The highest BCUT2D eigenvalue weighted by Gasteiger charge is 2.37. The zero-order valence-corrected chi connectivity index (χ0v) is 14.9. The minimum Gasteiger partial charge on any atom is -0.474 e. The summed E-state index contributed by atoms with van der Waals surface area (Å²) in [6, 6.07) is 14.8. The Morgan fingerprint density at radius 1 is 1.16 bits per heavy atom. The topological polar surface area (TPSA) is 46.6 Å². The van der Waals surface area contributed by atoms with Crippen LogP contribution in [0.4, 0.5) is 5.69 Å². The van der Waals surface area contributed by atoms with Gasteiger partial charge in [0.25, 0.3) is 5.91 Å². The van der Waals surface area contributed by atoms with E-state index >= 15 is 0 Å². The minimum atomic E-state index is -0.659. The van der Waals surface area contributed by atoms with Gasteiger partial charge in [-0.15, -0.1) is 0 Å². The van der Waals surface area contributed by atoms with Crippen LogP contribution in [0, 0.1) is 0 Å². The Balaban J connectivity index is 2.04. The lowest BCUT2D eigenvalue weighted by Crippen LogP contribution is -2.45. The predicted molar refractivity (Wildman–Crippen MR) is 98.1 cm³/mol. The first-order chi connectivity index (χ1) is 12.0. The van der Waals surface area contributed by atoms with Crippen LogP contribution >= 0.6 is 0 Å². The molecule has 1 unspecified atom stereocenters. The highest BCUT2D eigenvalue weighted by Crippen LogP contribution is 2.40. The summed E-state index contributed by atoms with van der Waals surface area (Å²) in [6.45, 7) is 5.92. The van der Waals surface area contributed by atoms with Gasteiger partial charge in [0.1, 0.15) is 5.75 Å². The van der Waals surface area contributed by atoms with Crippen molar-refractivity contribution in [2.75, 3.05) is 4.90 Å². The summed E-state index contributed by atoms with van der Waals surface area (Å²) in [5.74, 6) is 0.621. The first-order valence-corrected chi connectivity index (χ1v) is 8.74. The minimum absolute atomic E-state index is 0.0297. The summed E-state index contributed by atoms with van der Waals surface area (Å²) in [7, 11) is 0. The zero-order valence-electron chi connectivity index (χ0n) is 14.9. The van der Waals surface area contributed by atoms with Crippen LogP contribution in [0.5, 0.6) is 5.75 Å². The molecular weight excluding hydrogens is 314 g/mol. The third-order valence-corrected chi connectivity index (χ3v) is 4.34. The highest BCUT2D eigenvalue weighted by molar-refractivity contribution is 6.03. The molecule has 1 aliphatic rings. The molecule has 1 aliphatic heterocycles. The van der Waals surface area contributed by atoms with Crippen LogP contribution in [-0.4, -0.2) is 17.7 Å². The number of fused-ring (bicyclic) bond motifs is 1. The number of amides is 1. The van der Waals surface area contributed by atoms with Gasteiger partial charge in [-0.05, 0) is 38.5 Å². The number of Topliss-reactive ketones (excluding diaryl/α,β-unsaturated/α-hetero) is 1. The van der Waals surface area contributed by atoms with Gasteiger partial charge < -0.3 is 9.64 Å². The number of ketones is 1. The van der Waals surface area contributed by atoms with E-state index in [-0.39, 0.29) is 17.7 Å². The second-order valence-corrected chi connectivity index (χ2v) is 6.57. The molecule has 3 rings (SSSR count). The van der Waals surface area contributed by atoms with Crippen molar-refractivity contribution in [2.24, 2.45) is 0 Å². The van der Waals surface area contributed by atoms with E-state index in [1.807, 2.05) is 51.1 Å². The van der Waals surface area contributed by atoms with E-state index in [0.29, 0.717) is 23.4 Å². The van der Waals surface area contributed by atoms with Crippen LogP contribution in [0.15, 0.2) is 48.5 Å². The summed E-state index contributed by atoms with van der Waals surface area (Å²) in [5, 5.41) is 0. The van der Waals surface area contributed by atoms with Gasteiger partial charge in [0.2, 0.25) is 6.10 Å². The summed E-state index contributed by atoms with van der Waals surface area (Å²) >= 11 is 0. The largest absolute Gasteiger partial charge is 0.474 e. The third-order valence-electron chi connectivity index (χ3n) is 4.34. The Morgan fingerprint density at radius 3 is 2.52 bits per heavy atom. The van der Waals surface area contributed by atoms with Crippen LogP contribution in [0.2, 0.25) is 0 Å². The second kappa shape index (κ2) is 7.09. The first kappa shape index (κ1) is 17.2. The van der Waals surface area contributed by atoms with Crippen molar-refractivity contribution in [3.05, 3.63) is 59.7 Å². The standard InChI is InChI=1S/C21H23NO3/c1-4-8-18(23)16-11-12-19-17(13-16)22(14(2)3)21(24)20(25-19)15-9-6-5-7-10-15/h5-7,9-14,20H,4,8H2,1-3H3. The Bertz CT molecular complexity index is 783. The first-order valence-electron chi connectivity index (χ1n) is 8.74. The number of rotatable bonds is 5. The number of hydrogen-bond donors (Lipinski definition) is 0. The maximum Gasteiger partial charge on any atom is 0.273 e. The van der Waals surface area contributed by atoms with Crippen molar-refractivity contribution in [1.29, 1.82) is 0 Å². The Morgan fingerprint density at radius 2 is 1.88 bits per heavy atom. The maximum atomic E-state index is 13.1. The van der Waals surface area contributed by atoms with Crippen molar-refractivity contribution in [3.63, 3.8) is 0 Å². The van der Waals surface area contributed by atoms with Crippen molar-refractivity contribution in [3.8, 4) is 5.75 Å². The van der Waals surface area contributed by atoms with E-state index in [9.17, 15) is 9.59 Å². The van der Waals surface area contributed by atoms with Crippen molar-refractivity contribution in [2.45, 2.75) is 45.8 Å². The van der Waals surface area contributed by atoms with Crippen LogP contribution in [0.3, 0.4) is 0 Å². The average Bonchev–Trinajstić information content (AvgIpc) is 2.61. The molecule has 1 amide bonds. The van der Waals surface area contributed by atoms with Crippen molar-refractivity contribution < 1.29 is 14.3 Å². The van der Waals surface area contributed by atoms with Gasteiger partial charge in [-0.1, -0.05) is 37.3 Å². The molecule has 0 aromatic heterocycles. The van der Waals surface area contributed by atoms with Gasteiger partial charge in [-0.3, -0.25) is 9.59 Å². The fourth-order valence-electron chi connectivity index (χ4n) is 3.14. The molecule has 0 radical (unpaired) electrons. The molecular formula is C21H23NO3. The second-order valence-electron chi connectivity index (χ2n) is 6.57. The van der Waals surface area contributed by atoms with Gasteiger partial charge in [-0.2, -0.15) is 0 Å². The van der Waals surface area contributed by atoms with E-state index in [4.69, 9.17) is 4.74 Å². The monoisotopic (exact) mass is 337 g/mol. The fraction of sp³-hybridized carbons (Fsp3) is 0.333. The maximum absolute atomic E-state index is 13.1. The lowest BCUT2D eigenvalue weighted by atomic mass is 10.0. The Hall–Kier alpha value is -2.62. The van der Waals surface area contributed by atoms with Crippen LogP contribution in [0.1, 0.15) is 55.6 Å². The summed E-state index contributed by atoms with van der Waals surface area (Å²) in [4.78, 5) is 27.0. The molecule has 0 N–H and O–H groups in total. The summed E-state index contributed by atoms with van der Waals surface area (Å²) in [6.07, 6.45) is 0.644. The molecule has 0 saturated carbocycles. The fourth-order valence-corrected chi connectivity index (χ4v) is 3.14. The molecule has 4 nitrogen and oxygen atoms in total. The van der Waals surface area contributed by atoms with Crippen molar-refractivity contribution in [1.82, 2.24) is 0 Å². The predicted octanol–water partition coefficient (Wildman–Crippen LogP) is 4.54. The molecule has 0 fully saturated rings. The van der Waals surface area contributed by atoms with Crippen LogP contribution in [-0.2, 0) is 4.79 Å². The Kier molecular flexibility index (Phi) is 4.88. The molecule has 0 spiro atoms. The van der Waals surface area contributed by atoms with E-state index in [0.717, 1.165) is 12.0 Å². The molecule has 2 aromatic rings. The summed E-state index contributed by atoms with van der Waals surface area (Å²) in [5.41, 5.74) is 2.13. The summed E-state index contributed by atoms with van der Waals surface area (Å²) < 4.78 is 6.00. The zero-order chi connectivity index (χ0) is 18.0. The van der Waals surface area contributed by atoms with Crippen LogP contribution < -0.4 is 9.64 Å². The van der Waals surface area contributed by atoms with Crippen LogP contribution in [0.25, 0.3) is 0 Å². The van der Waals surface area contributed by atoms with E-state index in [1.54, 1.807) is 23.1 Å². The molecule has 25 heavy (non-hydrogen) atoms. The number of benzene rings is 2. The molecule has 1 heterocycles. The van der Waals surface area contributed by atoms with E-state index in [2.05, 4.69) is 0 Å². The van der Waals surface area contributed by atoms with Crippen molar-refractivity contribution >= 4 is 17.4 Å². The van der Waals surface area contributed by atoms with Gasteiger partial charge in [0.05, 0.1) is 5.69 Å². The molecule has 0 bridgehead atoms. The van der Waals surface area contributed by atoms with E-state index in [1.165, 1.54) is 0 Å². The smallest absolute Gasteiger partial charge is 0.273 e.